The van der Waals surface area contributed by atoms with Gasteiger partial charge in [0.2, 0.25) is 5.91 Å². The Hall–Kier alpha value is -2.63. The Labute approximate surface area is 156 Å². The number of ether oxygens (including phenoxy) is 1. The normalized spacial score (nSPS) is 15.3. The molecule has 1 aromatic heterocycles. The quantitative estimate of drug-likeness (QED) is 0.734. The molecule has 5 heteroatoms. The van der Waals surface area contributed by atoms with Crippen molar-refractivity contribution in [3.8, 4) is 11.5 Å². The van der Waals surface area contributed by atoms with Gasteiger partial charge in [-0.15, -0.1) is 11.3 Å². The first-order valence-electron chi connectivity index (χ1n) is 8.46. The molecule has 0 bridgehead atoms. The van der Waals surface area contributed by atoms with Crippen molar-refractivity contribution in [1.82, 2.24) is 5.32 Å². The van der Waals surface area contributed by atoms with Crippen LogP contribution in [0.2, 0.25) is 0 Å². The first-order valence-corrected chi connectivity index (χ1v) is 9.34. The second kappa shape index (κ2) is 6.59. The fraction of sp³-hybridized carbons (Fsp3) is 0.190. The van der Waals surface area contributed by atoms with Crippen LogP contribution in [-0.4, -0.2) is 17.6 Å². The number of nitrogens with one attached hydrogen (secondary N) is 1. The molecule has 4 rings (SSSR count). The summed E-state index contributed by atoms with van der Waals surface area (Å²) in [4.78, 5) is 13.9. The topological polar surface area (TPSA) is 58.6 Å². The van der Waals surface area contributed by atoms with Gasteiger partial charge in [0, 0.05) is 16.0 Å². The third kappa shape index (κ3) is 3.00. The molecule has 0 fully saturated rings. The van der Waals surface area contributed by atoms with Crippen LogP contribution in [-0.2, 0) is 10.4 Å². The van der Waals surface area contributed by atoms with Gasteiger partial charge in [-0.1, -0.05) is 42.5 Å². The average molecular weight is 365 g/mol. The molecule has 0 saturated carbocycles. The summed E-state index contributed by atoms with van der Waals surface area (Å²) in [6.07, 6.45) is 0. The number of carbonyl (C=O) groups is 1. The molecular formula is C21H19NO3S. The fourth-order valence-electron chi connectivity index (χ4n) is 3.23. The predicted octanol–water partition coefficient (Wildman–Crippen LogP) is 4.01. The average Bonchev–Trinajstić information content (AvgIpc) is 3.20. The summed E-state index contributed by atoms with van der Waals surface area (Å²) < 4.78 is 5.93. The zero-order chi connectivity index (χ0) is 18.1. The molecule has 26 heavy (non-hydrogen) atoms. The number of thiophene rings is 1. The highest BCUT2D eigenvalue weighted by atomic mass is 32.1. The maximum absolute atomic E-state index is 13.1. The standard InChI is InChI=1S/C21H19NO3S/c1-21(24,18-11-6-12-26-18)13-22-20(23)19-14-7-2-4-9-16(14)25-17-10-5-3-8-15(17)19/h2-12,19,24H,13H2,1H3,(H,22,23). The van der Waals surface area contributed by atoms with Crippen LogP contribution in [0.1, 0.15) is 28.8 Å². The Morgan fingerprint density at radius 3 is 2.27 bits per heavy atom. The van der Waals surface area contributed by atoms with Gasteiger partial charge in [-0.25, -0.2) is 0 Å². The van der Waals surface area contributed by atoms with E-state index in [1.165, 1.54) is 11.3 Å². The van der Waals surface area contributed by atoms with Crippen molar-refractivity contribution >= 4 is 17.2 Å². The summed E-state index contributed by atoms with van der Waals surface area (Å²) in [6, 6.07) is 18.9. The molecule has 0 radical (unpaired) electrons. The number of amides is 1. The lowest BCUT2D eigenvalue weighted by atomic mass is 9.87. The zero-order valence-electron chi connectivity index (χ0n) is 14.3. The molecule has 0 spiro atoms. The lowest BCUT2D eigenvalue weighted by Crippen LogP contribution is -2.40. The molecule has 2 aromatic carbocycles. The molecule has 1 amide bonds. The highest BCUT2D eigenvalue weighted by molar-refractivity contribution is 7.10. The second-order valence-corrected chi connectivity index (χ2v) is 7.53. The van der Waals surface area contributed by atoms with Crippen LogP contribution >= 0.6 is 11.3 Å². The SMILES string of the molecule is CC(O)(CNC(=O)C1c2ccccc2Oc2ccccc21)c1cccs1. The molecule has 1 unspecified atom stereocenters. The van der Waals surface area contributed by atoms with Gasteiger partial charge in [-0.2, -0.15) is 0 Å². The molecule has 3 aromatic rings. The summed E-state index contributed by atoms with van der Waals surface area (Å²) >= 11 is 1.47. The first-order chi connectivity index (χ1) is 12.6. The van der Waals surface area contributed by atoms with Gasteiger partial charge in [0.1, 0.15) is 17.1 Å². The van der Waals surface area contributed by atoms with E-state index < -0.39 is 11.5 Å². The highest BCUT2D eigenvalue weighted by Crippen LogP contribution is 2.43. The van der Waals surface area contributed by atoms with Crippen LogP contribution in [0.3, 0.4) is 0 Å². The van der Waals surface area contributed by atoms with E-state index in [0.717, 1.165) is 16.0 Å². The smallest absolute Gasteiger partial charge is 0.232 e. The maximum Gasteiger partial charge on any atom is 0.232 e. The van der Waals surface area contributed by atoms with Crippen LogP contribution in [0, 0.1) is 0 Å². The van der Waals surface area contributed by atoms with Crippen LogP contribution in [0.5, 0.6) is 11.5 Å². The third-order valence-electron chi connectivity index (χ3n) is 4.60. The minimum absolute atomic E-state index is 0.147. The van der Waals surface area contributed by atoms with Gasteiger partial charge in [-0.3, -0.25) is 4.79 Å². The monoisotopic (exact) mass is 365 g/mol. The van der Waals surface area contributed by atoms with Crippen molar-refractivity contribution in [2.75, 3.05) is 6.54 Å². The number of carbonyl (C=O) groups excluding carboxylic acids is 1. The molecular weight excluding hydrogens is 346 g/mol. The van der Waals surface area contributed by atoms with Crippen molar-refractivity contribution in [3.63, 3.8) is 0 Å². The molecule has 4 nitrogen and oxygen atoms in total. The number of fused-ring (bicyclic) bond motifs is 2. The lowest BCUT2D eigenvalue weighted by molar-refractivity contribution is -0.123. The number of para-hydroxylation sites is 2. The predicted molar refractivity (Wildman–Crippen MR) is 102 cm³/mol. The van der Waals surface area contributed by atoms with Gasteiger partial charge < -0.3 is 15.2 Å². The van der Waals surface area contributed by atoms with E-state index in [2.05, 4.69) is 5.32 Å². The molecule has 2 N–H and O–H groups in total. The van der Waals surface area contributed by atoms with Crippen molar-refractivity contribution in [2.45, 2.75) is 18.4 Å². The molecule has 0 aliphatic carbocycles. The number of rotatable bonds is 4. The van der Waals surface area contributed by atoms with Crippen molar-refractivity contribution in [3.05, 3.63) is 82.0 Å². The Balaban J connectivity index is 1.62. The number of aliphatic hydroxyl groups is 1. The summed E-state index contributed by atoms with van der Waals surface area (Å²) in [6.45, 7) is 1.86. The van der Waals surface area contributed by atoms with Gasteiger partial charge in [0.25, 0.3) is 0 Å². The van der Waals surface area contributed by atoms with E-state index in [4.69, 9.17) is 4.74 Å². The van der Waals surface area contributed by atoms with E-state index >= 15 is 0 Å². The highest BCUT2D eigenvalue weighted by Gasteiger charge is 2.34. The maximum atomic E-state index is 13.1. The third-order valence-corrected chi connectivity index (χ3v) is 5.72. The summed E-state index contributed by atoms with van der Waals surface area (Å²) in [5.41, 5.74) is 0.563. The van der Waals surface area contributed by atoms with Crippen LogP contribution in [0.15, 0.2) is 66.0 Å². The molecule has 132 valence electrons. The minimum atomic E-state index is -1.10. The Morgan fingerprint density at radius 2 is 1.69 bits per heavy atom. The van der Waals surface area contributed by atoms with E-state index in [0.29, 0.717) is 11.5 Å². The van der Waals surface area contributed by atoms with Gasteiger partial charge in [0.15, 0.2) is 0 Å². The van der Waals surface area contributed by atoms with Gasteiger partial charge in [-0.05, 0) is 30.5 Å². The van der Waals surface area contributed by atoms with Gasteiger partial charge in [0.05, 0.1) is 12.5 Å². The zero-order valence-corrected chi connectivity index (χ0v) is 15.1. The molecule has 1 aliphatic heterocycles. The van der Waals surface area contributed by atoms with Crippen LogP contribution in [0.25, 0.3) is 0 Å². The van der Waals surface area contributed by atoms with Gasteiger partial charge >= 0.3 is 0 Å². The second-order valence-electron chi connectivity index (χ2n) is 6.58. The largest absolute Gasteiger partial charge is 0.457 e. The Kier molecular flexibility index (Phi) is 4.26. The van der Waals surface area contributed by atoms with E-state index in [1.807, 2.05) is 66.0 Å². The molecule has 0 saturated heterocycles. The minimum Gasteiger partial charge on any atom is -0.457 e. The van der Waals surface area contributed by atoms with Crippen molar-refractivity contribution in [2.24, 2.45) is 0 Å². The van der Waals surface area contributed by atoms with Crippen LogP contribution < -0.4 is 10.1 Å². The number of hydrogen-bond donors (Lipinski definition) is 2. The number of benzene rings is 2. The molecule has 1 aliphatic rings. The van der Waals surface area contributed by atoms with Crippen molar-refractivity contribution < 1.29 is 14.6 Å². The first kappa shape index (κ1) is 16.8. The van der Waals surface area contributed by atoms with E-state index in [9.17, 15) is 9.90 Å². The summed E-state index contributed by atoms with van der Waals surface area (Å²) in [5, 5.41) is 15.5. The molecule has 1 atom stereocenters. The van der Waals surface area contributed by atoms with E-state index in [1.54, 1.807) is 6.92 Å². The lowest BCUT2D eigenvalue weighted by Gasteiger charge is -2.29. The number of hydrogen-bond acceptors (Lipinski definition) is 4. The summed E-state index contributed by atoms with van der Waals surface area (Å²) in [5.74, 6) is 0.771. The van der Waals surface area contributed by atoms with Crippen molar-refractivity contribution in [1.29, 1.82) is 0 Å². The van der Waals surface area contributed by atoms with E-state index in [-0.39, 0.29) is 12.5 Å². The van der Waals surface area contributed by atoms with Crippen LogP contribution in [0.4, 0.5) is 0 Å². The fourth-order valence-corrected chi connectivity index (χ4v) is 4.01. The Morgan fingerprint density at radius 1 is 1.08 bits per heavy atom. The summed E-state index contributed by atoms with van der Waals surface area (Å²) in [7, 11) is 0. The Bertz CT molecular complexity index is 888. The molecule has 2 heterocycles.